The normalized spacial score (nSPS) is 11.3. The molecule has 0 spiro atoms. The zero-order valence-electron chi connectivity index (χ0n) is 16.6. The third-order valence-electron chi connectivity index (χ3n) is 5.20. The summed E-state index contributed by atoms with van der Waals surface area (Å²) in [4.78, 5) is 29.9. The summed E-state index contributed by atoms with van der Waals surface area (Å²) in [6.45, 7) is 1.91. The Hall–Kier alpha value is -4.01. The molecule has 2 aromatic heterocycles. The van der Waals surface area contributed by atoms with Gasteiger partial charge in [-0.15, -0.1) is 0 Å². The van der Waals surface area contributed by atoms with Crippen LogP contribution in [0.25, 0.3) is 22.6 Å². The monoisotopic (exact) mass is 408 g/mol. The largest absolute Gasteiger partial charge is 0.508 e. The summed E-state index contributed by atoms with van der Waals surface area (Å²) in [5.74, 6) is -0.0793. The van der Waals surface area contributed by atoms with Crippen molar-refractivity contribution in [3.63, 3.8) is 0 Å². The minimum Gasteiger partial charge on any atom is -0.508 e. The van der Waals surface area contributed by atoms with E-state index in [9.17, 15) is 24.9 Å². The highest BCUT2D eigenvalue weighted by atomic mass is 16.3. The van der Waals surface area contributed by atoms with Gasteiger partial charge in [0.1, 0.15) is 11.6 Å². The molecule has 4 rings (SSSR count). The molecule has 154 valence electrons. The molecular weight excluding hydrogens is 388 g/mol. The highest BCUT2D eigenvalue weighted by molar-refractivity contribution is 5.77. The van der Waals surface area contributed by atoms with Crippen LogP contribution in [-0.4, -0.2) is 34.0 Å². The van der Waals surface area contributed by atoms with Gasteiger partial charge in [-0.25, -0.2) is 9.78 Å². The molecule has 30 heavy (non-hydrogen) atoms. The van der Waals surface area contributed by atoms with E-state index in [1.54, 1.807) is 35.8 Å². The molecule has 0 atom stereocenters. The molecule has 0 radical (unpaired) electrons. The zero-order chi connectivity index (χ0) is 21.7. The molecule has 3 N–H and O–H groups in total. The fourth-order valence-electron chi connectivity index (χ4n) is 3.42. The minimum atomic E-state index is -0.508. The molecule has 0 saturated heterocycles. The highest BCUT2D eigenvalue weighted by Gasteiger charge is 2.21. The molecule has 0 aliphatic carbocycles. The van der Waals surface area contributed by atoms with Crippen molar-refractivity contribution >= 4 is 11.2 Å². The molecule has 0 unspecified atom stereocenters. The summed E-state index contributed by atoms with van der Waals surface area (Å²) in [5.41, 5.74) is 1.27. The predicted octanol–water partition coefficient (Wildman–Crippen LogP) is 1.57. The number of aryl methyl sites for hydroxylation is 2. The van der Waals surface area contributed by atoms with Crippen LogP contribution in [0.1, 0.15) is 11.1 Å². The predicted molar refractivity (Wildman–Crippen MR) is 111 cm³/mol. The van der Waals surface area contributed by atoms with Crippen molar-refractivity contribution in [2.24, 2.45) is 14.1 Å². The quantitative estimate of drug-likeness (QED) is 0.442. The summed E-state index contributed by atoms with van der Waals surface area (Å²) in [7, 11) is 2.93. The van der Waals surface area contributed by atoms with Crippen LogP contribution in [0, 0.1) is 6.92 Å². The van der Waals surface area contributed by atoms with Crippen LogP contribution in [0.3, 0.4) is 0 Å². The lowest BCUT2D eigenvalue weighted by molar-refractivity contribution is 0.403. The van der Waals surface area contributed by atoms with Gasteiger partial charge in [0, 0.05) is 19.7 Å². The van der Waals surface area contributed by atoms with Crippen molar-refractivity contribution in [3.05, 3.63) is 68.4 Å². The number of fused-ring (bicyclic) bond motifs is 1. The fourth-order valence-corrected chi connectivity index (χ4v) is 3.42. The van der Waals surface area contributed by atoms with Crippen molar-refractivity contribution in [2.75, 3.05) is 0 Å². The number of phenolic OH excluding ortho intramolecular Hbond substituents is 3. The maximum absolute atomic E-state index is 12.9. The van der Waals surface area contributed by atoms with Crippen LogP contribution in [0.5, 0.6) is 17.2 Å². The Morgan fingerprint density at radius 1 is 0.900 bits per heavy atom. The molecule has 0 amide bonds. The van der Waals surface area contributed by atoms with Crippen molar-refractivity contribution in [3.8, 4) is 28.6 Å². The Morgan fingerprint density at radius 2 is 1.63 bits per heavy atom. The second-order valence-electron chi connectivity index (χ2n) is 7.22. The van der Waals surface area contributed by atoms with Crippen molar-refractivity contribution in [1.82, 2.24) is 18.7 Å². The van der Waals surface area contributed by atoms with E-state index in [-0.39, 0.29) is 35.0 Å². The Morgan fingerprint density at radius 3 is 2.30 bits per heavy atom. The third kappa shape index (κ3) is 2.91. The molecule has 9 heteroatoms. The smallest absolute Gasteiger partial charge is 0.332 e. The first-order valence-electron chi connectivity index (χ1n) is 9.16. The van der Waals surface area contributed by atoms with Gasteiger partial charge in [0.2, 0.25) is 0 Å². The zero-order valence-corrected chi connectivity index (χ0v) is 16.6. The molecule has 0 bridgehead atoms. The molecule has 2 heterocycles. The summed E-state index contributed by atoms with van der Waals surface area (Å²) in [6, 6.07) is 9.41. The van der Waals surface area contributed by atoms with E-state index in [1.807, 2.05) is 0 Å². The van der Waals surface area contributed by atoms with Gasteiger partial charge in [-0.05, 0) is 36.2 Å². The molecule has 2 aromatic carbocycles. The number of hydrogen-bond acceptors (Lipinski definition) is 6. The Bertz CT molecular complexity index is 1430. The molecule has 0 saturated carbocycles. The second kappa shape index (κ2) is 6.80. The Labute approximate surface area is 170 Å². The number of phenols is 3. The lowest BCUT2D eigenvalue weighted by Crippen LogP contribution is -2.37. The number of benzene rings is 2. The standard InChI is InChI=1S/C21H20N4O5/c1-11-4-6-13(9-15(11)27)18-22-19-17(20(29)24(3)21(30)23(19)2)25(18)10-12-5-7-14(26)16(28)8-12/h4-9,26-28H,10H2,1-3H3. The number of aromatic nitrogens is 4. The van der Waals surface area contributed by atoms with E-state index in [0.29, 0.717) is 22.5 Å². The van der Waals surface area contributed by atoms with Gasteiger partial charge in [-0.2, -0.15) is 0 Å². The van der Waals surface area contributed by atoms with Gasteiger partial charge >= 0.3 is 5.69 Å². The van der Waals surface area contributed by atoms with Crippen LogP contribution in [0.2, 0.25) is 0 Å². The Balaban J connectivity index is 2.06. The average molecular weight is 408 g/mol. The topological polar surface area (TPSA) is 123 Å². The van der Waals surface area contributed by atoms with E-state index in [1.165, 1.54) is 30.8 Å². The van der Waals surface area contributed by atoms with Crippen LogP contribution >= 0.6 is 0 Å². The lowest BCUT2D eigenvalue weighted by Gasteiger charge is -2.11. The maximum Gasteiger partial charge on any atom is 0.332 e. The molecule has 4 aromatic rings. The van der Waals surface area contributed by atoms with E-state index < -0.39 is 11.2 Å². The number of hydrogen-bond donors (Lipinski definition) is 3. The van der Waals surface area contributed by atoms with Gasteiger partial charge in [0.05, 0.1) is 6.54 Å². The van der Waals surface area contributed by atoms with Crippen molar-refractivity contribution in [2.45, 2.75) is 13.5 Å². The van der Waals surface area contributed by atoms with Gasteiger partial charge in [-0.1, -0.05) is 18.2 Å². The number of aromatic hydroxyl groups is 3. The van der Waals surface area contributed by atoms with E-state index in [2.05, 4.69) is 4.98 Å². The number of imidazole rings is 1. The molecule has 9 nitrogen and oxygen atoms in total. The van der Waals surface area contributed by atoms with Gasteiger partial charge in [-0.3, -0.25) is 13.9 Å². The fraction of sp³-hybridized carbons (Fsp3) is 0.190. The second-order valence-corrected chi connectivity index (χ2v) is 7.22. The number of rotatable bonds is 3. The van der Waals surface area contributed by atoms with E-state index in [4.69, 9.17) is 0 Å². The highest BCUT2D eigenvalue weighted by Crippen LogP contribution is 2.30. The number of nitrogens with zero attached hydrogens (tertiary/aromatic N) is 4. The minimum absolute atomic E-state index is 0.0789. The third-order valence-corrected chi connectivity index (χ3v) is 5.20. The first-order chi connectivity index (χ1) is 14.2. The molecular formula is C21H20N4O5. The van der Waals surface area contributed by atoms with Crippen LogP contribution in [0.4, 0.5) is 0 Å². The summed E-state index contributed by atoms with van der Waals surface area (Å²) in [6.07, 6.45) is 0. The van der Waals surface area contributed by atoms with Crippen LogP contribution < -0.4 is 11.2 Å². The SMILES string of the molecule is Cc1ccc(-c2nc3c(c(=O)n(C)c(=O)n3C)n2Cc2ccc(O)c(O)c2)cc1O. The average Bonchev–Trinajstić information content (AvgIpc) is 3.09. The molecule has 0 fully saturated rings. The van der Waals surface area contributed by atoms with Crippen LogP contribution in [-0.2, 0) is 20.6 Å². The Kier molecular flexibility index (Phi) is 4.38. The van der Waals surface area contributed by atoms with E-state index in [0.717, 1.165) is 4.57 Å². The summed E-state index contributed by atoms with van der Waals surface area (Å²) in [5, 5.41) is 29.6. The molecule has 0 aliphatic heterocycles. The summed E-state index contributed by atoms with van der Waals surface area (Å²) < 4.78 is 3.93. The molecule has 0 aliphatic rings. The van der Waals surface area contributed by atoms with Crippen molar-refractivity contribution in [1.29, 1.82) is 0 Å². The first-order valence-corrected chi connectivity index (χ1v) is 9.16. The van der Waals surface area contributed by atoms with Gasteiger partial charge < -0.3 is 19.9 Å². The summed E-state index contributed by atoms with van der Waals surface area (Å²) >= 11 is 0. The lowest BCUT2D eigenvalue weighted by atomic mass is 10.1. The maximum atomic E-state index is 12.9. The van der Waals surface area contributed by atoms with Crippen molar-refractivity contribution < 1.29 is 15.3 Å². The van der Waals surface area contributed by atoms with Crippen LogP contribution in [0.15, 0.2) is 46.0 Å². The van der Waals surface area contributed by atoms with E-state index >= 15 is 0 Å². The van der Waals surface area contributed by atoms with Gasteiger partial charge in [0.15, 0.2) is 22.7 Å². The first kappa shape index (κ1) is 19.3. The van der Waals surface area contributed by atoms with Gasteiger partial charge in [0.25, 0.3) is 5.56 Å².